The van der Waals surface area contributed by atoms with Gasteiger partial charge in [0, 0.05) is 23.0 Å². The highest BCUT2D eigenvalue weighted by Gasteiger charge is 2.27. The molecule has 32 heavy (non-hydrogen) atoms. The molecule has 0 bridgehead atoms. The first kappa shape index (κ1) is 22.7. The molecule has 0 radical (unpaired) electrons. The van der Waals surface area contributed by atoms with Crippen LogP contribution in [0.15, 0.2) is 59.4 Å². The van der Waals surface area contributed by atoms with Gasteiger partial charge in [-0.15, -0.1) is 0 Å². The number of benzene rings is 2. The monoisotopic (exact) mass is 448 g/mol. The fourth-order valence-electron chi connectivity index (χ4n) is 2.75. The Bertz CT molecular complexity index is 1220. The zero-order valence-corrected chi connectivity index (χ0v) is 16.5. The number of aromatic nitrogens is 2. The van der Waals surface area contributed by atoms with Gasteiger partial charge in [0.05, 0.1) is 0 Å². The number of amides is 2. The van der Waals surface area contributed by atoms with E-state index < -0.39 is 41.5 Å². The Labute approximate surface area is 178 Å². The van der Waals surface area contributed by atoms with Crippen molar-refractivity contribution in [2.24, 2.45) is 0 Å². The van der Waals surface area contributed by atoms with Gasteiger partial charge in [-0.05, 0) is 43.3 Å². The highest BCUT2D eigenvalue weighted by Crippen LogP contribution is 2.15. The third-order valence-corrected chi connectivity index (χ3v) is 4.26. The molecule has 3 aromatic rings. The number of anilines is 1. The van der Waals surface area contributed by atoms with Crippen LogP contribution in [0.4, 0.5) is 23.2 Å². The number of nitrogens with one attached hydrogen (secondary N) is 2. The van der Waals surface area contributed by atoms with Crippen molar-refractivity contribution in [3.05, 3.63) is 87.6 Å². The normalized spacial score (nSPS) is 11.2. The van der Waals surface area contributed by atoms with E-state index in [1.54, 1.807) is 11.4 Å². The van der Waals surface area contributed by atoms with Crippen LogP contribution in [0.5, 0.6) is 0 Å². The van der Waals surface area contributed by atoms with Crippen LogP contribution in [-0.4, -0.2) is 34.3 Å². The lowest BCUT2D eigenvalue weighted by atomic mass is 10.2. The Morgan fingerprint density at radius 1 is 1.03 bits per heavy atom. The summed E-state index contributed by atoms with van der Waals surface area (Å²) in [6, 6.07) is 11.8. The predicted octanol–water partition coefficient (Wildman–Crippen LogP) is 3.22. The van der Waals surface area contributed by atoms with Gasteiger partial charge in [0.15, 0.2) is 5.69 Å². The maximum atomic E-state index is 14.1. The van der Waals surface area contributed by atoms with E-state index in [2.05, 4.69) is 10.4 Å². The Morgan fingerprint density at radius 3 is 2.31 bits per heavy atom. The number of carbonyl (C=O) groups excluding carboxylic acids is 2. The van der Waals surface area contributed by atoms with Gasteiger partial charge in [-0.1, -0.05) is 12.1 Å². The van der Waals surface area contributed by atoms with E-state index in [4.69, 9.17) is 0 Å². The third-order valence-electron chi connectivity index (χ3n) is 4.26. The summed E-state index contributed by atoms with van der Waals surface area (Å²) in [5, 5.41) is 8.12. The fourth-order valence-corrected chi connectivity index (χ4v) is 2.75. The highest BCUT2D eigenvalue weighted by molar-refractivity contribution is 6.03. The van der Waals surface area contributed by atoms with Crippen LogP contribution in [0, 0.1) is 12.7 Å². The minimum absolute atomic E-state index is 0.0493. The smallest absolute Gasteiger partial charge is 0.343 e. The van der Waals surface area contributed by atoms with Crippen LogP contribution in [0.2, 0.25) is 0 Å². The van der Waals surface area contributed by atoms with Crippen LogP contribution < -0.4 is 16.1 Å². The van der Waals surface area contributed by atoms with Gasteiger partial charge in [0.1, 0.15) is 18.0 Å². The van der Waals surface area contributed by atoms with Gasteiger partial charge in [-0.2, -0.15) is 18.3 Å². The molecule has 0 atom stereocenters. The molecule has 0 aliphatic heterocycles. The lowest BCUT2D eigenvalue weighted by Gasteiger charge is -2.12. The lowest BCUT2D eigenvalue weighted by molar-refractivity contribution is -0.123. The zero-order chi connectivity index (χ0) is 23.5. The Balaban J connectivity index is 1.79. The van der Waals surface area contributed by atoms with Crippen molar-refractivity contribution in [1.29, 1.82) is 0 Å². The first-order valence-electron chi connectivity index (χ1n) is 9.17. The predicted molar refractivity (Wildman–Crippen MR) is 107 cm³/mol. The van der Waals surface area contributed by atoms with Crippen LogP contribution in [0.1, 0.15) is 26.5 Å². The van der Waals surface area contributed by atoms with Crippen molar-refractivity contribution in [1.82, 2.24) is 15.1 Å². The highest BCUT2D eigenvalue weighted by atomic mass is 19.4. The second-order valence-corrected chi connectivity index (χ2v) is 6.69. The van der Waals surface area contributed by atoms with Crippen LogP contribution in [0.3, 0.4) is 0 Å². The fraction of sp³-hybridized carbons (Fsp3) is 0.143. The SMILES string of the molecule is Cc1cc(=O)c(C(=O)Nc2ccc(C(=O)NCC(F)(F)F)cc2)nn1-c1ccccc1F. The molecule has 1 heterocycles. The molecule has 0 aliphatic rings. The summed E-state index contributed by atoms with van der Waals surface area (Å²) in [6.45, 7) is 0.0583. The molecule has 0 fully saturated rings. The number of halogens is 4. The maximum absolute atomic E-state index is 14.1. The van der Waals surface area contributed by atoms with Crippen molar-refractivity contribution < 1.29 is 27.2 Å². The number of rotatable bonds is 5. The topological polar surface area (TPSA) is 93.1 Å². The van der Waals surface area contributed by atoms with E-state index in [1.165, 1.54) is 49.4 Å². The number of hydrogen-bond acceptors (Lipinski definition) is 4. The quantitative estimate of drug-likeness (QED) is 0.587. The molecular weight excluding hydrogens is 432 g/mol. The lowest BCUT2D eigenvalue weighted by Crippen LogP contribution is -2.33. The number of carbonyl (C=O) groups is 2. The molecule has 11 heteroatoms. The van der Waals surface area contributed by atoms with Gasteiger partial charge in [0.25, 0.3) is 11.8 Å². The molecule has 1 aromatic heterocycles. The standard InChI is InChI=1S/C21H16F4N4O3/c1-12-10-17(30)18(28-29(12)16-5-3-2-4-15(16)22)20(32)27-14-8-6-13(7-9-14)19(31)26-11-21(23,24)25/h2-10H,11H2,1H3,(H,26,31)(H,27,32). The van der Waals surface area contributed by atoms with E-state index in [1.807, 2.05) is 0 Å². The van der Waals surface area contributed by atoms with Crippen molar-refractivity contribution in [2.45, 2.75) is 13.1 Å². The number of alkyl halides is 3. The van der Waals surface area contributed by atoms with Gasteiger partial charge >= 0.3 is 6.18 Å². The maximum Gasteiger partial charge on any atom is 0.405 e. The van der Waals surface area contributed by atoms with Gasteiger partial charge in [0.2, 0.25) is 5.43 Å². The molecule has 0 spiro atoms. The Kier molecular flexibility index (Phi) is 6.37. The first-order chi connectivity index (χ1) is 15.0. The summed E-state index contributed by atoms with van der Waals surface area (Å²) in [6.07, 6.45) is -4.54. The van der Waals surface area contributed by atoms with E-state index in [-0.39, 0.29) is 16.9 Å². The van der Waals surface area contributed by atoms with Crippen molar-refractivity contribution in [3.63, 3.8) is 0 Å². The van der Waals surface area contributed by atoms with E-state index in [0.29, 0.717) is 5.69 Å². The molecule has 0 unspecified atom stereocenters. The van der Waals surface area contributed by atoms with Crippen LogP contribution in [-0.2, 0) is 0 Å². The van der Waals surface area contributed by atoms with Crippen molar-refractivity contribution in [2.75, 3.05) is 11.9 Å². The molecule has 3 rings (SSSR count). The summed E-state index contributed by atoms with van der Waals surface area (Å²) < 4.78 is 51.9. The average molecular weight is 448 g/mol. The van der Waals surface area contributed by atoms with Crippen LogP contribution >= 0.6 is 0 Å². The Hall–Kier alpha value is -4.02. The van der Waals surface area contributed by atoms with E-state index >= 15 is 0 Å². The molecule has 2 amide bonds. The summed E-state index contributed by atoms with van der Waals surface area (Å²) in [4.78, 5) is 36.6. The summed E-state index contributed by atoms with van der Waals surface area (Å²) in [5.74, 6) is -2.42. The second kappa shape index (κ2) is 9.00. The molecule has 166 valence electrons. The molecule has 0 saturated heterocycles. The molecule has 0 saturated carbocycles. The molecular formula is C21H16F4N4O3. The third kappa shape index (κ3) is 5.36. The van der Waals surface area contributed by atoms with Crippen molar-refractivity contribution in [3.8, 4) is 5.69 Å². The molecule has 2 N–H and O–H groups in total. The minimum Gasteiger partial charge on any atom is -0.343 e. The average Bonchev–Trinajstić information content (AvgIpc) is 2.73. The number of nitrogens with zero attached hydrogens (tertiary/aromatic N) is 2. The Morgan fingerprint density at radius 2 is 1.69 bits per heavy atom. The van der Waals surface area contributed by atoms with E-state index in [0.717, 1.165) is 10.7 Å². The molecule has 2 aromatic carbocycles. The molecule has 0 aliphatic carbocycles. The second-order valence-electron chi connectivity index (χ2n) is 6.69. The minimum atomic E-state index is -4.54. The summed E-state index contributed by atoms with van der Waals surface area (Å²) in [7, 11) is 0. The number of aryl methyl sites for hydroxylation is 1. The largest absolute Gasteiger partial charge is 0.405 e. The van der Waals surface area contributed by atoms with E-state index in [9.17, 15) is 31.9 Å². The number of hydrogen-bond donors (Lipinski definition) is 2. The molecule has 7 nitrogen and oxygen atoms in total. The van der Waals surface area contributed by atoms with Crippen molar-refractivity contribution >= 4 is 17.5 Å². The van der Waals surface area contributed by atoms with Gasteiger partial charge in [-0.3, -0.25) is 14.4 Å². The summed E-state index contributed by atoms with van der Waals surface area (Å²) >= 11 is 0. The first-order valence-corrected chi connectivity index (χ1v) is 9.17. The zero-order valence-electron chi connectivity index (χ0n) is 16.5. The number of para-hydroxylation sites is 1. The van der Waals surface area contributed by atoms with Gasteiger partial charge in [-0.25, -0.2) is 9.07 Å². The summed E-state index contributed by atoms with van der Waals surface area (Å²) in [5.41, 5.74) is -0.704. The van der Waals surface area contributed by atoms with Crippen LogP contribution in [0.25, 0.3) is 5.69 Å². The van der Waals surface area contributed by atoms with Gasteiger partial charge < -0.3 is 10.6 Å².